The van der Waals surface area contributed by atoms with Crippen molar-refractivity contribution in [2.45, 2.75) is 58.2 Å². The molecule has 146 valence electrons. The van der Waals surface area contributed by atoms with E-state index < -0.39 is 16.9 Å². The van der Waals surface area contributed by atoms with Crippen molar-refractivity contribution in [3.63, 3.8) is 0 Å². The summed E-state index contributed by atoms with van der Waals surface area (Å²) in [5, 5.41) is 10.9. The van der Waals surface area contributed by atoms with E-state index in [4.69, 9.17) is 13.9 Å². The number of fused-ring (bicyclic) bond motifs is 1. The number of methoxy groups -OCH3 is 1. The molecular formula is C21H26O6. The van der Waals surface area contributed by atoms with Crippen LogP contribution in [0.3, 0.4) is 0 Å². The molecule has 27 heavy (non-hydrogen) atoms. The number of aliphatic hydroxyl groups is 1. The van der Waals surface area contributed by atoms with Crippen LogP contribution in [0, 0.1) is 16.7 Å². The highest BCUT2D eigenvalue weighted by Crippen LogP contribution is 2.61. The fraction of sp³-hybridized carbons (Fsp3) is 0.619. The van der Waals surface area contributed by atoms with Crippen molar-refractivity contribution < 1.29 is 28.6 Å². The van der Waals surface area contributed by atoms with Gasteiger partial charge in [-0.1, -0.05) is 6.92 Å². The Morgan fingerprint density at radius 3 is 2.85 bits per heavy atom. The van der Waals surface area contributed by atoms with Crippen LogP contribution in [-0.2, 0) is 19.1 Å². The summed E-state index contributed by atoms with van der Waals surface area (Å²) >= 11 is 0. The first kappa shape index (κ1) is 18.3. The topological polar surface area (TPSA) is 86.0 Å². The zero-order chi connectivity index (χ0) is 19.4. The van der Waals surface area contributed by atoms with Gasteiger partial charge >= 0.3 is 11.9 Å². The first-order chi connectivity index (χ1) is 12.8. The summed E-state index contributed by atoms with van der Waals surface area (Å²) in [6, 6.07) is 1.81. The monoisotopic (exact) mass is 374 g/mol. The fourth-order valence-electron chi connectivity index (χ4n) is 5.59. The van der Waals surface area contributed by atoms with Gasteiger partial charge in [-0.15, -0.1) is 0 Å². The average Bonchev–Trinajstić information content (AvgIpc) is 3.27. The molecule has 1 saturated heterocycles. The van der Waals surface area contributed by atoms with E-state index in [0.29, 0.717) is 31.3 Å². The molecular weight excluding hydrogens is 348 g/mol. The second kappa shape index (κ2) is 6.23. The van der Waals surface area contributed by atoms with Gasteiger partial charge in [0.2, 0.25) is 0 Å². The molecule has 5 atom stereocenters. The summed E-state index contributed by atoms with van der Waals surface area (Å²) in [5.74, 6) is -0.679. The van der Waals surface area contributed by atoms with Gasteiger partial charge in [-0.05, 0) is 55.7 Å². The molecule has 0 aromatic carbocycles. The van der Waals surface area contributed by atoms with Crippen LogP contribution in [0.25, 0.3) is 0 Å². The summed E-state index contributed by atoms with van der Waals surface area (Å²) in [7, 11) is 1.37. The van der Waals surface area contributed by atoms with E-state index >= 15 is 0 Å². The Kier molecular flexibility index (Phi) is 4.22. The normalized spacial score (nSPS) is 38.7. The molecule has 0 bridgehead atoms. The van der Waals surface area contributed by atoms with Crippen LogP contribution in [0.5, 0.6) is 0 Å². The van der Waals surface area contributed by atoms with E-state index in [2.05, 4.69) is 0 Å². The van der Waals surface area contributed by atoms with E-state index in [9.17, 15) is 14.7 Å². The predicted molar refractivity (Wildman–Crippen MR) is 95.4 cm³/mol. The zero-order valence-corrected chi connectivity index (χ0v) is 16.0. The van der Waals surface area contributed by atoms with Crippen LogP contribution in [0.4, 0.5) is 0 Å². The Balaban J connectivity index is 1.85. The Bertz CT molecular complexity index is 794. The van der Waals surface area contributed by atoms with Gasteiger partial charge in [0.15, 0.2) is 0 Å². The smallest absolute Gasteiger partial charge is 0.317 e. The SMILES string of the molecule is COC(=O)[C@@]1(C)CCCC2=C1[C@@H](O)C[C@@H](C)[C@]21C[C@@H](c2ccoc2)OC1=O. The summed E-state index contributed by atoms with van der Waals surface area (Å²) < 4.78 is 16.0. The molecule has 4 rings (SSSR count). The molecule has 0 saturated carbocycles. The standard InChI is InChI=1S/C21H26O6/c1-12-9-15(22)17-14(5-4-7-20(17,2)18(23)25-3)21(12)10-16(27-19(21)24)13-6-8-26-11-13/h6,8,11-12,15-16,22H,4-5,7,9-10H2,1-3H3/t12-,15+,16+,20+,21-/m1/s1. The van der Waals surface area contributed by atoms with Crippen LogP contribution < -0.4 is 0 Å². The summed E-state index contributed by atoms with van der Waals surface area (Å²) in [6.45, 7) is 3.82. The van der Waals surface area contributed by atoms with Crippen molar-refractivity contribution in [2.75, 3.05) is 7.11 Å². The molecule has 1 N–H and O–H groups in total. The molecule has 1 aromatic rings. The number of hydrogen-bond acceptors (Lipinski definition) is 6. The van der Waals surface area contributed by atoms with Crippen molar-refractivity contribution in [2.24, 2.45) is 16.7 Å². The summed E-state index contributed by atoms with van der Waals surface area (Å²) in [6.07, 6.45) is 5.08. The lowest BCUT2D eigenvalue weighted by atomic mass is 9.54. The fourth-order valence-corrected chi connectivity index (χ4v) is 5.59. The number of cyclic esters (lactones) is 1. The third kappa shape index (κ3) is 2.42. The van der Waals surface area contributed by atoms with Gasteiger partial charge < -0.3 is 19.0 Å². The molecule has 1 fully saturated rings. The van der Waals surface area contributed by atoms with Gasteiger partial charge in [-0.3, -0.25) is 9.59 Å². The number of furan rings is 1. The van der Waals surface area contributed by atoms with Crippen molar-refractivity contribution in [1.82, 2.24) is 0 Å². The quantitative estimate of drug-likeness (QED) is 0.631. The van der Waals surface area contributed by atoms with Crippen LogP contribution in [0.15, 0.2) is 34.2 Å². The number of carbonyl (C=O) groups excluding carboxylic acids is 2. The number of carbonyl (C=O) groups is 2. The Hall–Kier alpha value is -2.08. The van der Waals surface area contributed by atoms with Crippen molar-refractivity contribution >= 4 is 11.9 Å². The molecule has 6 nitrogen and oxygen atoms in total. The summed E-state index contributed by atoms with van der Waals surface area (Å²) in [5.41, 5.74) is 0.717. The molecule has 0 unspecified atom stereocenters. The second-order valence-corrected chi connectivity index (χ2v) is 8.35. The third-order valence-electron chi connectivity index (χ3n) is 6.98. The third-order valence-corrected chi connectivity index (χ3v) is 6.98. The molecule has 6 heteroatoms. The molecule has 3 aliphatic rings. The van der Waals surface area contributed by atoms with Crippen LogP contribution in [0.2, 0.25) is 0 Å². The first-order valence-corrected chi connectivity index (χ1v) is 9.58. The van der Waals surface area contributed by atoms with Gasteiger partial charge in [0.05, 0.1) is 36.6 Å². The summed E-state index contributed by atoms with van der Waals surface area (Å²) in [4.78, 5) is 25.8. The van der Waals surface area contributed by atoms with E-state index in [1.165, 1.54) is 7.11 Å². The second-order valence-electron chi connectivity index (χ2n) is 8.35. The Labute approximate surface area is 158 Å². The van der Waals surface area contributed by atoms with E-state index in [0.717, 1.165) is 17.6 Å². The van der Waals surface area contributed by atoms with Crippen molar-refractivity contribution in [3.8, 4) is 0 Å². The Morgan fingerprint density at radius 1 is 1.41 bits per heavy atom. The van der Waals surface area contributed by atoms with Crippen LogP contribution in [0.1, 0.15) is 57.6 Å². The number of esters is 2. The lowest BCUT2D eigenvalue weighted by Crippen LogP contribution is -2.50. The highest BCUT2D eigenvalue weighted by atomic mass is 16.6. The molecule has 0 radical (unpaired) electrons. The van der Waals surface area contributed by atoms with Gasteiger partial charge in [0.25, 0.3) is 0 Å². The van der Waals surface area contributed by atoms with Crippen molar-refractivity contribution in [1.29, 1.82) is 0 Å². The number of aliphatic hydroxyl groups excluding tert-OH is 1. The van der Waals surface area contributed by atoms with Gasteiger partial charge in [-0.2, -0.15) is 0 Å². The van der Waals surface area contributed by atoms with Crippen LogP contribution >= 0.6 is 0 Å². The predicted octanol–water partition coefficient (Wildman–Crippen LogP) is 3.31. The molecule has 1 aromatic heterocycles. The van der Waals surface area contributed by atoms with Gasteiger partial charge in [0, 0.05) is 12.0 Å². The molecule has 1 spiro atoms. The molecule has 1 aliphatic heterocycles. The average molecular weight is 374 g/mol. The highest BCUT2D eigenvalue weighted by molar-refractivity contribution is 5.87. The number of rotatable bonds is 2. The largest absolute Gasteiger partial charge is 0.472 e. The first-order valence-electron chi connectivity index (χ1n) is 9.58. The lowest BCUT2D eigenvalue weighted by Gasteiger charge is -2.49. The zero-order valence-electron chi connectivity index (χ0n) is 16.0. The minimum Gasteiger partial charge on any atom is -0.472 e. The molecule has 2 aliphatic carbocycles. The van der Waals surface area contributed by atoms with E-state index in [-0.39, 0.29) is 24.0 Å². The van der Waals surface area contributed by atoms with E-state index in [1.54, 1.807) is 12.5 Å². The minimum absolute atomic E-state index is 0.0735. The maximum atomic E-state index is 13.2. The maximum absolute atomic E-state index is 13.2. The van der Waals surface area contributed by atoms with Crippen molar-refractivity contribution in [3.05, 3.63) is 35.3 Å². The van der Waals surface area contributed by atoms with E-state index in [1.807, 2.05) is 19.9 Å². The number of ether oxygens (including phenoxy) is 2. The van der Waals surface area contributed by atoms with Gasteiger partial charge in [-0.25, -0.2) is 0 Å². The lowest BCUT2D eigenvalue weighted by molar-refractivity contribution is -0.154. The highest BCUT2D eigenvalue weighted by Gasteiger charge is 2.61. The Morgan fingerprint density at radius 2 is 2.19 bits per heavy atom. The number of hydrogen-bond donors (Lipinski definition) is 1. The minimum atomic E-state index is -0.900. The molecule has 0 amide bonds. The maximum Gasteiger partial charge on any atom is 0.317 e. The van der Waals surface area contributed by atoms with Crippen LogP contribution in [-0.4, -0.2) is 30.3 Å². The molecule has 2 heterocycles. The van der Waals surface area contributed by atoms with Gasteiger partial charge in [0.1, 0.15) is 6.10 Å².